The summed E-state index contributed by atoms with van der Waals surface area (Å²) in [4.78, 5) is 30.0. The molecule has 0 spiro atoms. The summed E-state index contributed by atoms with van der Waals surface area (Å²) < 4.78 is 47.1. The van der Waals surface area contributed by atoms with Crippen LogP contribution < -0.4 is 4.90 Å². The number of carboxylic acid groups (broad SMARTS) is 1. The Morgan fingerprint density at radius 2 is 1.79 bits per heavy atom. The van der Waals surface area contributed by atoms with Crippen LogP contribution in [0.5, 0.6) is 0 Å². The van der Waals surface area contributed by atoms with Crippen molar-refractivity contribution >= 4 is 30.2 Å². The smallest absolute Gasteiger partial charge is 0.417 e. The normalized spacial score (nSPS) is 30.8. The van der Waals surface area contributed by atoms with E-state index < -0.39 is 34.3 Å². The van der Waals surface area contributed by atoms with Gasteiger partial charge in [0, 0.05) is 30.4 Å². The highest BCUT2D eigenvalue weighted by molar-refractivity contribution is 7.81. The molecule has 1 N–H and O–H groups in total. The van der Waals surface area contributed by atoms with E-state index in [1.54, 1.807) is 19.9 Å². The van der Waals surface area contributed by atoms with Crippen LogP contribution in [0.4, 0.5) is 18.9 Å². The van der Waals surface area contributed by atoms with Crippen LogP contribution in [0.15, 0.2) is 18.2 Å². The summed E-state index contributed by atoms with van der Waals surface area (Å²) in [6.45, 7) is 8.45. The third-order valence-corrected chi connectivity index (χ3v) is 9.77. The highest BCUT2D eigenvalue weighted by atomic mass is 32.1. The second-order valence-electron chi connectivity index (χ2n) is 12.5. The number of halogens is 3. The minimum Gasteiger partial charge on any atom is -0.480 e. The van der Waals surface area contributed by atoms with Crippen LogP contribution in [0, 0.1) is 17.2 Å². The Hall–Kier alpha value is -2.33. The van der Waals surface area contributed by atoms with Crippen molar-refractivity contribution in [2.24, 2.45) is 5.92 Å². The first-order valence-electron chi connectivity index (χ1n) is 14.7. The summed E-state index contributed by atoms with van der Waals surface area (Å²) in [7, 11) is 0. The van der Waals surface area contributed by atoms with Crippen molar-refractivity contribution in [3.05, 3.63) is 29.3 Å². The number of rotatable bonds is 8. The monoisotopic (exact) mass is 610 g/mol. The fraction of sp³-hybridized carbons (Fsp3) is 0.700. The van der Waals surface area contributed by atoms with Crippen LogP contribution in [0.1, 0.15) is 83.8 Å². The first kappa shape index (κ1) is 32.6. The molecule has 232 valence electrons. The minimum absolute atomic E-state index is 0.0111. The van der Waals surface area contributed by atoms with Crippen LogP contribution in [-0.2, 0) is 20.5 Å². The van der Waals surface area contributed by atoms with Crippen molar-refractivity contribution in [1.82, 2.24) is 9.80 Å². The lowest BCUT2D eigenvalue weighted by atomic mass is 9.85. The third kappa shape index (κ3) is 6.74. The second kappa shape index (κ2) is 12.7. The highest BCUT2D eigenvalue weighted by Crippen LogP contribution is 2.43. The summed E-state index contributed by atoms with van der Waals surface area (Å²) in [5.41, 5.74) is -3.22. The van der Waals surface area contributed by atoms with Crippen molar-refractivity contribution in [3.63, 3.8) is 0 Å². The Morgan fingerprint density at radius 1 is 1.17 bits per heavy atom. The number of nitriles is 1. The van der Waals surface area contributed by atoms with Crippen molar-refractivity contribution in [2.75, 3.05) is 18.1 Å². The van der Waals surface area contributed by atoms with Crippen LogP contribution in [0.3, 0.4) is 0 Å². The third-order valence-electron chi connectivity index (χ3n) is 9.29. The van der Waals surface area contributed by atoms with Gasteiger partial charge in [-0.1, -0.05) is 0 Å². The first-order chi connectivity index (χ1) is 19.6. The molecular formula is C30H41F3N4O4S. The summed E-state index contributed by atoms with van der Waals surface area (Å²) in [6.07, 6.45) is 1.39. The summed E-state index contributed by atoms with van der Waals surface area (Å²) in [6, 6.07) is 5.36. The molecule has 0 aromatic heterocycles. The van der Waals surface area contributed by atoms with Crippen molar-refractivity contribution < 1.29 is 32.6 Å². The Kier molecular flexibility index (Phi) is 9.87. The average molecular weight is 611 g/mol. The number of likely N-dealkylation sites (tertiary alicyclic amines) is 1. The second-order valence-corrected chi connectivity index (χ2v) is 13.0. The lowest BCUT2D eigenvalue weighted by Gasteiger charge is -2.42. The van der Waals surface area contributed by atoms with E-state index in [1.807, 2.05) is 4.90 Å². The number of carbonyl (C=O) groups is 2. The quantitative estimate of drug-likeness (QED) is 0.375. The molecule has 2 saturated heterocycles. The Labute approximate surface area is 251 Å². The van der Waals surface area contributed by atoms with Gasteiger partial charge in [-0.3, -0.25) is 24.3 Å². The van der Waals surface area contributed by atoms with Gasteiger partial charge in [0.15, 0.2) is 0 Å². The topological polar surface area (TPSA) is 97.1 Å². The predicted molar refractivity (Wildman–Crippen MR) is 155 cm³/mol. The number of thiol groups is 1. The van der Waals surface area contributed by atoms with E-state index in [9.17, 15) is 27.9 Å². The number of anilines is 1. The number of aliphatic carboxylic acids is 1. The zero-order valence-electron chi connectivity index (χ0n) is 24.6. The van der Waals surface area contributed by atoms with E-state index in [4.69, 9.17) is 22.6 Å². The molecule has 8 nitrogen and oxygen atoms in total. The molecule has 12 heteroatoms. The maximum absolute atomic E-state index is 13.6. The largest absolute Gasteiger partial charge is 0.480 e. The first-order valence-corrected chi connectivity index (χ1v) is 15.2. The Morgan fingerprint density at radius 3 is 2.33 bits per heavy atom. The van der Waals surface area contributed by atoms with Gasteiger partial charge in [-0.25, -0.2) is 0 Å². The number of carboxylic acids is 1. The van der Waals surface area contributed by atoms with E-state index >= 15 is 0 Å². The fourth-order valence-electron chi connectivity index (χ4n) is 7.19. The average Bonchev–Trinajstić information content (AvgIpc) is 3.08. The Bertz CT molecular complexity index is 1190. The molecule has 1 saturated carbocycles. The Balaban J connectivity index is 1.33. The number of hydrogen-bond acceptors (Lipinski definition) is 7. The molecule has 2 aliphatic heterocycles. The number of nitrogens with zero attached hydrogens (tertiary/aromatic N) is 4. The van der Waals surface area contributed by atoms with Gasteiger partial charge in [0.05, 0.1) is 35.4 Å². The van der Waals surface area contributed by atoms with Gasteiger partial charge < -0.3 is 9.84 Å². The van der Waals surface area contributed by atoms with Crippen LogP contribution in [-0.4, -0.2) is 75.2 Å². The van der Waals surface area contributed by atoms with Crippen molar-refractivity contribution in [1.29, 1.82) is 5.26 Å². The minimum atomic E-state index is -4.72. The molecule has 1 aromatic rings. The van der Waals surface area contributed by atoms with Crippen LogP contribution in [0.2, 0.25) is 0 Å². The molecule has 1 amide bonds. The van der Waals surface area contributed by atoms with Gasteiger partial charge >= 0.3 is 12.1 Å². The number of alkyl halides is 3. The number of amides is 1. The number of hydrogen-bond donors (Lipinski definition) is 2. The SMILES string of the molecule is CC1CC(CCOC2CCC(N3C(S)N(c4ccc(C#N)c(C(F)(F)F)c4)C(=O)C3(C)C)CC2)CC(C)N1CC(=O)O. The maximum Gasteiger partial charge on any atom is 0.417 e. The van der Waals surface area contributed by atoms with Crippen LogP contribution in [0.25, 0.3) is 0 Å². The van der Waals surface area contributed by atoms with Crippen molar-refractivity contribution in [2.45, 2.75) is 114 Å². The molecular weight excluding hydrogens is 569 g/mol. The zero-order valence-corrected chi connectivity index (χ0v) is 25.5. The molecule has 1 aromatic carbocycles. The fourth-order valence-corrected chi connectivity index (χ4v) is 7.91. The van der Waals surface area contributed by atoms with E-state index in [0.29, 0.717) is 12.5 Å². The summed E-state index contributed by atoms with van der Waals surface area (Å²) >= 11 is 4.73. The molecule has 2 heterocycles. The van der Waals surface area contributed by atoms with E-state index in [2.05, 4.69) is 18.7 Å². The van der Waals surface area contributed by atoms with Crippen LogP contribution >= 0.6 is 12.6 Å². The number of piperidine rings is 1. The molecule has 3 fully saturated rings. The standard InChI is InChI=1S/C30H41F3N4O4S/c1-18-13-20(14-19(2)35(18)17-26(38)39)11-12-41-24-9-7-22(8-10-24)37-28(42)36(27(40)29(37,3)4)23-6-5-21(16-34)25(15-23)30(31,32)33/h5-6,15,18-20,22,24,28,42H,7-14,17H2,1-4H3,(H,38,39). The van der Waals surface area contributed by atoms with Gasteiger partial charge in [-0.05, 0) is 96.8 Å². The number of carbonyl (C=O) groups excluding carboxylic acids is 1. The molecule has 3 atom stereocenters. The molecule has 3 aliphatic rings. The molecule has 42 heavy (non-hydrogen) atoms. The summed E-state index contributed by atoms with van der Waals surface area (Å²) in [5.74, 6) is -0.644. The van der Waals surface area contributed by atoms with E-state index in [1.165, 1.54) is 11.0 Å². The maximum atomic E-state index is 13.6. The molecule has 4 rings (SSSR count). The zero-order chi connectivity index (χ0) is 31.0. The molecule has 0 bridgehead atoms. The van der Waals surface area contributed by atoms with Gasteiger partial charge in [-0.15, -0.1) is 12.6 Å². The lowest BCUT2D eigenvalue weighted by Crippen LogP contribution is -2.52. The van der Waals surface area contributed by atoms with Gasteiger partial charge in [0.1, 0.15) is 5.50 Å². The van der Waals surface area contributed by atoms with Gasteiger partial charge in [-0.2, -0.15) is 18.4 Å². The molecule has 1 aliphatic carbocycles. The predicted octanol–water partition coefficient (Wildman–Crippen LogP) is 5.51. The highest BCUT2D eigenvalue weighted by Gasteiger charge is 2.54. The summed E-state index contributed by atoms with van der Waals surface area (Å²) in [5, 5.41) is 18.3. The molecule has 3 unspecified atom stereocenters. The van der Waals surface area contributed by atoms with E-state index in [-0.39, 0.29) is 42.4 Å². The lowest BCUT2D eigenvalue weighted by molar-refractivity contribution is -0.140. The van der Waals surface area contributed by atoms with Crippen molar-refractivity contribution in [3.8, 4) is 6.07 Å². The number of ether oxygens (including phenoxy) is 1. The molecule has 0 radical (unpaired) electrons. The van der Waals surface area contributed by atoms with Gasteiger partial charge in [0.25, 0.3) is 0 Å². The number of benzene rings is 1. The van der Waals surface area contributed by atoms with Gasteiger partial charge in [0.2, 0.25) is 5.91 Å². The van der Waals surface area contributed by atoms with E-state index in [0.717, 1.165) is 57.1 Å².